The molecular weight excluding hydrogens is 452 g/mol. The van der Waals surface area contributed by atoms with Crippen LogP contribution >= 0.6 is 11.8 Å². The summed E-state index contributed by atoms with van der Waals surface area (Å²) in [5, 5.41) is 4.13. The van der Waals surface area contributed by atoms with Crippen LogP contribution in [0.1, 0.15) is 52.0 Å². The first-order chi connectivity index (χ1) is 17.1. The number of carbonyl (C=O) groups excluding carboxylic acids is 1. The number of thioether (sulfide) groups is 1. The van der Waals surface area contributed by atoms with Crippen molar-refractivity contribution in [3.05, 3.63) is 60.7 Å². The molecule has 186 valence electrons. The summed E-state index contributed by atoms with van der Waals surface area (Å²) in [5.41, 5.74) is 4.53. The summed E-state index contributed by atoms with van der Waals surface area (Å²) >= 11 is 1.80. The molecule has 0 aliphatic carbocycles. The summed E-state index contributed by atoms with van der Waals surface area (Å²) in [6.07, 6.45) is 5.09. The summed E-state index contributed by atoms with van der Waals surface area (Å²) < 4.78 is 2.37. The molecule has 0 radical (unpaired) electrons. The smallest absolute Gasteiger partial charge is 0.220 e. The molecule has 4 rings (SSSR count). The number of benzene rings is 2. The highest BCUT2D eigenvalue weighted by molar-refractivity contribution is 7.99. The predicted molar refractivity (Wildman–Crippen MR) is 147 cm³/mol. The standard InChI is InChI=1S/C29H38N4OS/c1-23(2)33-28(25-15-7-4-8-16-25)27(24-13-5-3-6-14-24)31-29(33)35-22-12-9-17-26(34)30-18-21-32-19-10-11-20-32/h3-8,13-16,23H,9-12,17-22H2,1-2H3,(H,30,34). The fourth-order valence-corrected chi connectivity index (χ4v) is 5.79. The molecule has 1 aromatic heterocycles. The second kappa shape index (κ2) is 12.9. The molecule has 2 aromatic carbocycles. The minimum absolute atomic E-state index is 0.176. The van der Waals surface area contributed by atoms with Gasteiger partial charge in [0.15, 0.2) is 5.16 Å². The van der Waals surface area contributed by atoms with Gasteiger partial charge in [-0.05, 0) is 52.6 Å². The van der Waals surface area contributed by atoms with Gasteiger partial charge in [0.2, 0.25) is 5.91 Å². The second-order valence-corrected chi connectivity index (χ2v) is 10.6. The van der Waals surface area contributed by atoms with Crippen molar-refractivity contribution in [2.24, 2.45) is 0 Å². The van der Waals surface area contributed by atoms with Crippen LogP contribution in [0.15, 0.2) is 65.8 Å². The first kappa shape index (κ1) is 25.5. The quantitative estimate of drug-likeness (QED) is 0.240. The van der Waals surface area contributed by atoms with E-state index in [-0.39, 0.29) is 5.91 Å². The van der Waals surface area contributed by atoms with Crippen LogP contribution in [0.3, 0.4) is 0 Å². The molecule has 2 heterocycles. The number of rotatable bonds is 12. The van der Waals surface area contributed by atoms with Crippen molar-refractivity contribution < 1.29 is 4.79 Å². The van der Waals surface area contributed by atoms with E-state index in [1.807, 2.05) is 6.07 Å². The molecule has 1 saturated heterocycles. The lowest BCUT2D eigenvalue weighted by Crippen LogP contribution is -2.33. The summed E-state index contributed by atoms with van der Waals surface area (Å²) in [6, 6.07) is 21.3. The molecule has 6 heteroatoms. The van der Waals surface area contributed by atoms with Gasteiger partial charge in [0.1, 0.15) is 0 Å². The van der Waals surface area contributed by atoms with Crippen LogP contribution in [0, 0.1) is 0 Å². The Balaban J connectivity index is 1.37. The summed E-state index contributed by atoms with van der Waals surface area (Å²) in [4.78, 5) is 19.8. The zero-order valence-electron chi connectivity index (χ0n) is 21.1. The fourth-order valence-electron chi connectivity index (χ4n) is 4.66. The highest BCUT2D eigenvalue weighted by Crippen LogP contribution is 2.38. The van der Waals surface area contributed by atoms with E-state index >= 15 is 0 Å². The minimum atomic E-state index is 0.176. The van der Waals surface area contributed by atoms with Crippen LogP contribution in [-0.4, -0.2) is 52.3 Å². The van der Waals surface area contributed by atoms with E-state index < -0.39 is 0 Å². The minimum Gasteiger partial charge on any atom is -0.355 e. The molecule has 0 saturated carbocycles. The third-order valence-corrected chi connectivity index (χ3v) is 7.51. The van der Waals surface area contributed by atoms with Crippen molar-refractivity contribution in [1.29, 1.82) is 0 Å². The Morgan fingerprint density at radius 2 is 1.63 bits per heavy atom. The third kappa shape index (κ3) is 6.98. The van der Waals surface area contributed by atoms with Gasteiger partial charge >= 0.3 is 0 Å². The van der Waals surface area contributed by atoms with Crippen LogP contribution < -0.4 is 5.32 Å². The van der Waals surface area contributed by atoms with Gasteiger partial charge in [0.25, 0.3) is 0 Å². The Kier molecular flexibility index (Phi) is 9.43. The molecule has 35 heavy (non-hydrogen) atoms. The molecule has 1 aliphatic rings. The summed E-state index contributed by atoms with van der Waals surface area (Å²) in [7, 11) is 0. The number of nitrogens with zero attached hydrogens (tertiary/aromatic N) is 3. The number of aromatic nitrogens is 2. The Labute approximate surface area is 214 Å². The topological polar surface area (TPSA) is 50.2 Å². The van der Waals surface area contributed by atoms with Crippen molar-refractivity contribution in [1.82, 2.24) is 19.8 Å². The fraction of sp³-hybridized carbons (Fsp3) is 0.448. The summed E-state index contributed by atoms with van der Waals surface area (Å²) in [6.45, 7) is 8.55. The molecule has 0 unspecified atom stereocenters. The zero-order valence-corrected chi connectivity index (χ0v) is 21.9. The van der Waals surface area contributed by atoms with Gasteiger partial charge < -0.3 is 14.8 Å². The zero-order chi connectivity index (χ0) is 24.5. The van der Waals surface area contributed by atoms with Gasteiger partial charge in [0, 0.05) is 42.4 Å². The Morgan fingerprint density at radius 1 is 0.971 bits per heavy atom. The number of amides is 1. The lowest BCUT2D eigenvalue weighted by atomic mass is 10.0. The van der Waals surface area contributed by atoms with Crippen LogP contribution in [0.2, 0.25) is 0 Å². The van der Waals surface area contributed by atoms with Crippen LogP contribution in [0.25, 0.3) is 22.5 Å². The largest absolute Gasteiger partial charge is 0.355 e. The van der Waals surface area contributed by atoms with E-state index in [1.165, 1.54) is 37.2 Å². The Morgan fingerprint density at radius 3 is 2.29 bits per heavy atom. The number of hydrogen-bond donors (Lipinski definition) is 1. The number of hydrogen-bond acceptors (Lipinski definition) is 4. The molecule has 0 atom stereocenters. The maximum Gasteiger partial charge on any atom is 0.220 e. The monoisotopic (exact) mass is 490 g/mol. The Bertz CT molecular complexity index is 1060. The van der Waals surface area contributed by atoms with E-state index in [0.29, 0.717) is 12.5 Å². The van der Waals surface area contributed by atoms with Crippen molar-refractivity contribution >= 4 is 17.7 Å². The van der Waals surface area contributed by atoms with Gasteiger partial charge in [-0.2, -0.15) is 0 Å². The van der Waals surface area contributed by atoms with Crippen LogP contribution in [0.4, 0.5) is 0 Å². The number of imidazole rings is 1. The van der Waals surface area contributed by atoms with E-state index in [2.05, 4.69) is 83.2 Å². The third-order valence-electron chi connectivity index (χ3n) is 6.47. The molecule has 0 bridgehead atoms. The molecule has 1 N–H and O–H groups in total. The first-order valence-corrected chi connectivity index (χ1v) is 14.0. The average molecular weight is 491 g/mol. The number of unbranched alkanes of at least 4 members (excludes halogenated alkanes) is 1. The highest BCUT2D eigenvalue weighted by atomic mass is 32.2. The van der Waals surface area contributed by atoms with Crippen molar-refractivity contribution in [3.8, 4) is 22.5 Å². The lowest BCUT2D eigenvalue weighted by molar-refractivity contribution is -0.121. The number of nitrogens with one attached hydrogen (secondary N) is 1. The van der Waals surface area contributed by atoms with Gasteiger partial charge in [-0.1, -0.05) is 72.4 Å². The van der Waals surface area contributed by atoms with Gasteiger partial charge in [-0.15, -0.1) is 0 Å². The first-order valence-electron chi connectivity index (χ1n) is 13.0. The maximum atomic E-state index is 12.2. The van der Waals surface area contributed by atoms with Gasteiger partial charge in [-0.25, -0.2) is 4.98 Å². The van der Waals surface area contributed by atoms with Gasteiger partial charge in [0.05, 0.1) is 11.4 Å². The number of carbonyl (C=O) groups is 1. The maximum absolute atomic E-state index is 12.2. The molecule has 1 fully saturated rings. The highest BCUT2D eigenvalue weighted by Gasteiger charge is 2.22. The van der Waals surface area contributed by atoms with Crippen molar-refractivity contribution in [2.45, 2.75) is 57.1 Å². The van der Waals surface area contributed by atoms with Gasteiger partial charge in [-0.3, -0.25) is 4.79 Å². The van der Waals surface area contributed by atoms with Crippen molar-refractivity contribution in [2.75, 3.05) is 31.9 Å². The normalized spacial score (nSPS) is 14.0. The molecule has 1 amide bonds. The predicted octanol–water partition coefficient (Wildman–Crippen LogP) is 6.27. The van der Waals surface area contributed by atoms with E-state index in [9.17, 15) is 4.79 Å². The molecule has 5 nitrogen and oxygen atoms in total. The van der Waals surface area contributed by atoms with E-state index in [1.54, 1.807) is 11.8 Å². The molecule has 1 aliphatic heterocycles. The molecular formula is C29H38N4OS. The lowest BCUT2D eigenvalue weighted by Gasteiger charge is -2.16. The second-order valence-electron chi connectivity index (χ2n) is 9.49. The molecule has 0 spiro atoms. The molecule has 3 aromatic rings. The number of likely N-dealkylation sites (tertiary alicyclic amines) is 1. The average Bonchev–Trinajstić information content (AvgIpc) is 3.53. The van der Waals surface area contributed by atoms with Crippen molar-refractivity contribution in [3.63, 3.8) is 0 Å². The van der Waals surface area contributed by atoms with Crippen LogP contribution in [-0.2, 0) is 4.79 Å². The van der Waals surface area contributed by atoms with E-state index in [0.717, 1.165) is 48.1 Å². The van der Waals surface area contributed by atoms with Crippen LogP contribution in [0.5, 0.6) is 0 Å². The Hall–Kier alpha value is -2.57. The summed E-state index contributed by atoms with van der Waals surface area (Å²) in [5.74, 6) is 1.13. The SMILES string of the molecule is CC(C)n1c(SCCCCC(=O)NCCN2CCCC2)nc(-c2ccccc2)c1-c1ccccc1. The van der Waals surface area contributed by atoms with E-state index in [4.69, 9.17) is 4.98 Å².